The van der Waals surface area contributed by atoms with Crippen molar-refractivity contribution in [1.82, 2.24) is 0 Å². The lowest BCUT2D eigenvalue weighted by molar-refractivity contribution is 0.0992. The molecule has 0 saturated heterocycles. The summed E-state index contributed by atoms with van der Waals surface area (Å²) in [6, 6.07) is 11.2. The van der Waals surface area contributed by atoms with Crippen molar-refractivity contribution in [1.29, 1.82) is 0 Å². The normalized spacial score (nSPS) is 14.0. The van der Waals surface area contributed by atoms with E-state index in [4.69, 9.17) is 16.3 Å². The van der Waals surface area contributed by atoms with Gasteiger partial charge in [-0.3, -0.25) is 4.79 Å². The Morgan fingerprint density at radius 2 is 2.05 bits per heavy atom. The molecule has 1 fully saturated rings. The van der Waals surface area contributed by atoms with Crippen molar-refractivity contribution >= 4 is 17.4 Å². The van der Waals surface area contributed by atoms with Gasteiger partial charge in [0, 0.05) is 17.0 Å². The van der Waals surface area contributed by atoms with Crippen molar-refractivity contribution in [3.8, 4) is 5.75 Å². The van der Waals surface area contributed by atoms with Gasteiger partial charge < -0.3 is 4.74 Å². The topological polar surface area (TPSA) is 26.3 Å². The fraction of sp³-hybridized carbons (Fsp3) is 0.235. The number of carbonyl (C=O) groups excluding carboxylic acids is 1. The number of ether oxygens (including phenoxy) is 1. The fourth-order valence-electron chi connectivity index (χ4n) is 2.06. The molecule has 1 aliphatic carbocycles. The van der Waals surface area contributed by atoms with Crippen molar-refractivity contribution in [2.24, 2.45) is 0 Å². The van der Waals surface area contributed by atoms with E-state index in [9.17, 15) is 9.18 Å². The van der Waals surface area contributed by atoms with Gasteiger partial charge in [-0.25, -0.2) is 4.39 Å². The second kappa shape index (κ2) is 5.86. The highest BCUT2D eigenvalue weighted by molar-refractivity contribution is 6.31. The highest BCUT2D eigenvalue weighted by Crippen LogP contribution is 2.27. The van der Waals surface area contributed by atoms with Crippen LogP contribution in [0.2, 0.25) is 5.02 Å². The van der Waals surface area contributed by atoms with Gasteiger partial charge in [0.1, 0.15) is 11.6 Å². The predicted octanol–water partition coefficient (Wildman–Crippen LogP) is 4.45. The third kappa shape index (κ3) is 3.61. The Kier molecular flexibility index (Phi) is 3.93. The van der Waals surface area contributed by atoms with Gasteiger partial charge in [-0.2, -0.15) is 0 Å². The first-order valence-electron chi connectivity index (χ1n) is 6.85. The zero-order valence-corrected chi connectivity index (χ0v) is 12.1. The summed E-state index contributed by atoms with van der Waals surface area (Å²) in [6.45, 7) is 0. The van der Waals surface area contributed by atoms with Crippen LogP contribution in [0.15, 0.2) is 42.5 Å². The SMILES string of the molecule is O=C(Cc1ccc(F)cc1Cl)c1cccc(OC2CC2)c1. The maximum atomic E-state index is 13.0. The Bertz CT molecular complexity index is 680. The van der Waals surface area contributed by atoms with Crippen LogP contribution in [0.4, 0.5) is 4.39 Å². The average molecular weight is 305 g/mol. The molecule has 0 bridgehead atoms. The molecule has 2 aromatic rings. The number of hydrogen-bond acceptors (Lipinski definition) is 2. The zero-order valence-electron chi connectivity index (χ0n) is 11.3. The molecule has 0 heterocycles. The van der Waals surface area contributed by atoms with Crippen LogP contribution < -0.4 is 4.74 Å². The third-order valence-electron chi connectivity index (χ3n) is 3.35. The van der Waals surface area contributed by atoms with Gasteiger partial charge in [-0.05, 0) is 42.7 Å². The lowest BCUT2D eigenvalue weighted by Crippen LogP contribution is -2.05. The van der Waals surface area contributed by atoms with Crippen LogP contribution in [0.5, 0.6) is 5.75 Å². The molecular weight excluding hydrogens is 291 g/mol. The van der Waals surface area contributed by atoms with Crippen LogP contribution in [-0.4, -0.2) is 11.9 Å². The third-order valence-corrected chi connectivity index (χ3v) is 3.70. The number of carbonyl (C=O) groups is 1. The Morgan fingerprint density at radius 3 is 2.76 bits per heavy atom. The number of ketones is 1. The van der Waals surface area contributed by atoms with E-state index in [-0.39, 0.29) is 17.2 Å². The van der Waals surface area contributed by atoms with E-state index in [0.29, 0.717) is 23.0 Å². The smallest absolute Gasteiger partial charge is 0.167 e. The Labute approximate surface area is 127 Å². The van der Waals surface area contributed by atoms with Crippen LogP contribution in [0.3, 0.4) is 0 Å². The zero-order chi connectivity index (χ0) is 14.8. The van der Waals surface area contributed by atoms with Gasteiger partial charge >= 0.3 is 0 Å². The largest absolute Gasteiger partial charge is 0.490 e. The molecule has 108 valence electrons. The van der Waals surface area contributed by atoms with E-state index < -0.39 is 5.82 Å². The standard InChI is InChI=1S/C17H14ClFO2/c18-16-10-13(19)5-4-11(16)9-17(20)12-2-1-3-15(8-12)21-14-6-7-14/h1-5,8,10,14H,6-7,9H2. The molecule has 21 heavy (non-hydrogen) atoms. The van der Waals surface area contributed by atoms with E-state index in [1.54, 1.807) is 24.3 Å². The quantitative estimate of drug-likeness (QED) is 0.763. The van der Waals surface area contributed by atoms with Crippen molar-refractivity contribution in [2.75, 3.05) is 0 Å². The molecule has 0 aromatic heterocycles. The summed E-state index contributed by atoms with van der Waals surface area (Å²) < 4.78 is 18.7. The minimum Gasteiger partial charge on any atom is -0.490 e. The number of rotatable bonds is 5. The Hall–Kier alpha value is -1.87. The molecule has 0 unspecified atom stereocenters. The predicted molar refractivity (Wildman–Crippen MR) is 79.5 cm³/mol. The van der Waals surface area contributed by atoms with Crippen molar-refractivity contribution in [3.05, 3.63) is 64.4 Å². The van der Waals surface area contributed by atoms with Gasteiger partial charge in [-0.15, -0.1) is 0 Å². The summed E-state index contributed by atoms with van der Waals surface area (Å²) in [4.78, 5) is 12.3. The van der Waals surface area contributed by atoms with Crippen molar-refractivity contribution in [2.45, 2.75) is 25.4 Å². The van der Waals surface area contributed by atoms with Gasteiger partial charge in [0.05, 0.1) is 6.10 Å². The Balaban J connectivity index is 1.75. The Morgan fingerprint density at radius 1 is 1.24 bits per heavy atom. The molecule has 2 aromatic carbocycles. The van der Waals surface area contributed by atoms with E-state index in [0.717, 1.165) is 12.8 Å². The molecular formula is C17H14ClFO2. The van der Waals surface area contributed by atoms with Crippen molar-refractivity contribution in [3.63, 3.8) is 0 Å². The van der Waals surface area contributed by atoms with Gasteiger partial charge in [0.2, 0.25) is 0 Å². The minimum atomic E-state index is -0.406. The lowest BCUT2D eigenvalue weighted by atomic mass is 10.0. The molecule has 0 radical (unpaired) electrons. The maximum absolute atomic E-state index is 13.0. The van der Waals surface area contributed by atoms with Gasteiger partial charge in [-0.1, -0.05) is 29.8 Å². The van der Waals surface area contributed by atoms with Crippen LogP contribution in [-0.2, 0) is 6.42 Å². The number of benzene rings is 2. The molecule has 1 saturated carbocycles. The molecule has 0 atom stereocenters. The first kappa shape index (κ1) is 14.1. The van der Waals surface area contributed by atoms with E-state index >= 15 is 0 Å². The summed E-state index contributed by atoms with van der Waals surface area (Å²) in [5.74, 6) is 0.245. The van der Waals surface area contributed by atoms with E-state index in [2.05, 4.69) is 0 Å². The molecule has 4 heteroatoms. The van der Waals surface area contributed by atoms with E-state index in [1.165, 1.54) is 12.1 Å². The number of Topliss-reactive ketones (excluding diaryl/α,β-unsaturated/α-hetero) is 1. The van der Waals surface area contributed by atoms with Gasteiger partial charge in [0.15, 0.2) is 5.78 Å². The highest BCUT2D eigenvalue weighted by atomic mass is 35.5. The summed E-state index contributed by atoms with van der Waals surface area (Å²) in [7, 11) is 0. The van der Waals surface area contributed by atoms with Crippen molar-refractivity contribution < 1.29 is 13.9 Å². The van der Waals surface area contributed by atoms with Crippen LogP contribution >= 0.6 is 11.6 Å². The summed E-state index contributed by atoms with van der Waals surface area (Å²) in [5, 5.41) is 0.272. The lowest BCUT2D eigenvalue weighted by Gasteiger charge is -2.07. The van der Waals surface area contributed by atoms with E-state index in [1.807, 2.05) is 6.07 Å². The monoisotopic (exact) mass is 304 g/mol. The molecule has 0 aliphatic heterocycles. The molecule has 1 aliphatic rings. The summed E-state index contributed by atoms with van der Waals surface area (Å²) in [6.07, 6.45) is 2.58. The second-order valence-electron chi connectivity index (χ2n) is 5.18. The number of halogens is 2. The summed E-state index contributed by atoms with van der Waals surface area (Å²) >= 11 is 5.95. The highest BCUT2D eigenvalue weighted by Gasteiger charge is 2.23. The van der Waals surface area contributed by atoms with Gasteiger partial charge in [0.25, 0.3) is 0 Å². The average Bonchev–Trinajstić information content (AvgIpc) is 3.26. The summed E-state index contributed by atoms with van der Waals surface area (Å²) in [5.41, 5.74) is 1.20. The minimum absolute atomic E-state index is 0.0650. The maximum Gasteiger partial charge on any atom is 0.167 e. The molecule has 0 N–H and O–H groups in total. The van der Waals surface area contributed by atoms with Crippen LogP contribution in [0.1, 0.15) is 28.8 Å². The first-order valence-corrected chi connectivity index (χ1v) is 7.23. The van der Waals surface area contributed by atoms with Crippen LogP contribution in [0, 0.1) is 5.82 Å². The molecule has 2 nitrogen and oxygen atoms in total. The first-order chi connectivity index (χ1) is 10.1. The van der Waals surface area contributed by atoms with Crippen LogP contribution in [0.25, 0.3) is 0 Å². The number of hydrogen-bond donors (Lipinski definition) is 0. The second-order valence-corrected chi connectivity index (χ2v) is 5.59. The molecule has 0 spiro atoms. The molecule has 0 amide bonds. The fourth-order valence-corrected chi connectivity index (χ4v) is 2.30. The molecule has 3 rings (SSSR count).